The van der Waals surface area contributed by atoms with Gasteiger partial charge in [0, 0.05) is 16.8 Å². The molecule has 7 heteroatoms. The maximum absolute atomic E-state index is 12.8. The minimum atomic E-state index is -1.68. The Hall–Kier alpha value is -2.25. The maximum atomic E-state index is 12.8. The van der Waals surface area contributed by atoms with E-state index in [1.54, 1.807) is 24.3 Å². The lowest BCUT2D eigenvalue weighted by Crippen LogP contribution is -2.55. The molecule has 0 heterocycles. The van der Waals surface area contributed by atoms with Gasteiger partial charge in [0.2, 0.25) is 0 Å². The number of esters is 2. The van der Waals surface area contributed by atoms with E-state index in [2.05, 4.69) is 29.1 Å². The minimum absolute atomic E-state index is 0.0437. The highest BCUT2D eigenvalue weighted by molar-refractivity contribution is 9.10. The van der Waals surface area contributed by atoms with Gasteiger partial charge < -0.3 is 14.6 Å². The van der Waals surface area contributed by atoms with Gasteiger partial charge in [-0.2, -0.15) is 0 Å². The first-order chi connectivity index (χ1) is 13.2. The molecule has 1 N–H and O–H groups in total. The summed E-state index contributed by atoms with van der Waals surface area (Å²) in [6.45, 7) is 8.30. The third-order valence-electron chi connectivity index (χ3n) is 4.72. The summed E-state index contributed by atoms with van der Waals surface area (Å²) in [5.41, 5.74) is -1.12. The molecule has 0 aromatic heterocycles. The van der Waals surface area contributed by atoms with Crippen LogP contribution >= 0.6 is 15.9 Å². The van der Waals surface area contributed by atoms with E-state index in [4.69, 9.17) is 9.47 Å². The van der Waals surface area contributed by atoms with Gasteiger partial charge in [0.15, 0.2) is 5.78 Å². The number of benzene rings is 1. The molecule has 0 spiro atoms. The predicted octanol–water partition coefficient (Wildman–Crippen LogP) is 2.95. The predicted molar refractivity (Wildman–Crippen MR) is 106 cm³/mol. The number of ether oxygens (including phenoxy) is 2. The highest BCUT2D eigenvalue weighted by atomic mass is 79.9. The molecular formula is C21H23BrO6. The zero-order valence-electron chi connectivity index (χ0n) is 15.6. The standard InChI is InChI=1S/C21H23BrO6/c1-4-10-27-19(24)17-15(23)12-21(3,26)18(20(25)28-11-5-2)16(17)13-6-8-14(22)9-7-13/h4-9,16-18,26H,1-2,10-12H2,3H3/t16-,17+,18+,21-/m0/s1. The molecule has 1 saturated carbocycles. The molecule has 1 aromatic rings. The van der Waals surface area contributed by atoms with E-state index in [9.17, 15) is 19.5 Å². The number of aliphatic hydroxyl groups is 1. The second kappa shape index (κ2) is 9.30. The second-order valence-corrected chi connectivity index (χ2v) is 7.79. The molecule has 1 aliphatic rings. The zero-order valence-corrected chi connectivity index (χ0v) is 17.2. The first-order valence-electron chi connectivity index (χ1n) is 8.78. The van der Waals surface area contributed by atoms with E-state index in [1.807, 2.05) is 0 Å². The molecule has 1 aromatic carbocycles. The van der Waals surface area contributed by atoms with Crippen molar-refractivity contribution < 1.29 is 29.0 Å². The molecular weight excluding hydrogens is 428 g/mol. The van der Waals surface area contributed by atoms with E-state index >= 15 is 0 Å². The molecule has 0 bridgehead atoms. The number of carbonyl (C=O) groups is 3. The summed E-state index contributed by atoms with van der Waals surface area (Å²) < 4.78 is 11.1. The Morgan fingerprint density at radius 2 is 1.71 bits per heavy atom. The van der Waals surface area contributed by atoms with E-state index in [-0.39, 0.29) is 19.6 Å². The summed E-state index contributed by atoms with van der Waals surface area (Å²) >= 11 is 3.34. The second-order valence-electron chi connectivity index (χ2n) is 6.87. The molecule has 1 aliphatic carbocycles. The van der Waals surface area contributed by atoms with Crippen molar-refractivity contribution >= 4 is 33.7 Å². The van der Waals surface area contributed by atoms with Gasteiger partial charge in [-0.1, -0.05) is 53.4 Å². The summed E-state index contributed by atoms with van der Waals surface area (Å²) in [7, 11) is 0. The van der Waals surface area contributed by atoms with Crippen molar-refractivity contribution in [3.63, 3.8) is 0 Å². The maximum Gasteiger partial charge on any atom is 0.317 e. The van der Waals surface area contributed by atoms with Crippen molar-refractivity contribution in [1.29, 1.82) is 0 Å². The van der Waals surface area contributed by atoms with Crippen molar-refractivity contribution in [3.05, 3.63) is 59.6 Å². The van der Waals surface area contributed by atoms with Crippen LogP contribution in [-0.4, -0.2) is 41.6 Å². The van der Waals surface area contributed by atoms with Crippen LogP contribution in [0.1, 0.15) is 24.8 Å². The van der Waals surface area contributed by atoms with Gasteiger partial charge in [0.1, 0.15) is 19.1 Å². The normalized spacial score (nSPS) is 27.0. The molecule has 28 heavy (non-hydrogen) atoms. The van der Waals surface area contributed by atoms with Gasteiger partial charge in [-0.25, -0.2) is 0 Å². The zero-order chi connectivity index (χ0) is 20.9. The van der Waals surface area contributed by atoms with Crippen LogP contribution in [0.5, 0.6) is 0 Å². The minimum Gasteiger partial charge on any atom is -0.461 e. The number of rotatable bonds is 7. The smallest absolute Gasteiger partial charge is 0.317 e. The fraction of sp³-hybridized carbons (Fsp3) is 0.381. The third kappa shape index (κ3) is 4.77. The quantitative estimate of drug-likeness (QED) is 0.390. The van der Waals surface area contributed by atoms with Gasteiger partial charge in [-0.3, -0.25) is 14.4 Å². The lowest BCUT2D eigenvalue weighted by atomic mass is 9.62. The van der Waals surface area contributed by atoms with Crippen LogP contribution in [0.15, 0.2) is 54.0 Å². The van der Waals surface area contributed by atoms with Crippen LogP contribution in [0.3, 0.4) is 0 Å². The van der Waals surface area contributed by atoms with Crippen LogP contribution in [-0.2, 0) is 23.9 Å². The molecule has 0 amide bonds. The van der Waals surface area contributed by atoms with Gasteiger partial charge in [0.25, 0.3) is 0 Å². The first-order valence-corrected chi connectivity index (χ1v) is 9.58. The Kier molecular flexibility index (Phi) is 7.32. The molecule has 4 atom stereocenters. The van der Waals surface area contributed by atoms with Crippen molar-refractivity contribution in [2.24, 2.45) is 11.8 Å². The number of hydrogen-bond acceptors (Lipinski definition) is 6. The fourth-order valence-corrected chi connectivity index (χ4v) is 3.83. The van der Waals surface area contributed by atoms with Crippen molar-refractivity contribution in [1.82, 2.24) is 0 Å². The van der Waals surface area contributed by atoms with Gasteiger partial charge in [-0.05, 0) is 24.6 Å². The Labute approximate surface area is 172 Å². The number of halogens is 1. The molecule has 0 radical (unpaired) electrons. The lowest BCUT2D eigenvalue weighted by molar-refractivity contribution is -0.171. The number of hydrogen-bond donors (Lipinski definition) is 1. The average Bonchev–Trinajstić information content (AvgIpc) is 2.63. The highest BCUT2D eigenvalue weighted by Crippen LogP contribution is 2.46. The lowest BCUT2D eigenvalue weighted by Gasteiger charge is -2.43. The summed E-state index contributed by atoms with van der Waals surface area (Å²) in [6.07, 6.45) is 2.44. The fourth-order valence-electron chi connectivity index (χ4n) is 3.56. The van der Waals surface area contributed by atoms with Crippen molar-refractivity contribution in [2.75, 3.05) is 13.2 Å². The first kappa shape index (κ1) is 22.0. The SMILES string of the molecule is C=CCOC(=O)[C@@H]1C(=O)C[C@](C)(O)[C@@H](C(=O)OCC=C)[C@H]1c1ccc(Br)cc1. The molecule has 2 rings (SSSR count). The number of ketones is 1. The van der Waals surface area contributed by atoms with Crippen LogP contribution in [0.25, 0.3) is 0 Å². The van der Waals surface area contributed by atoms with Crippen LogP contribution < -0.4 is 0 Å². The largest absolute Gasteiger partial charge is 0.461 e. The van der Waals surface area contributed by atoms with Crippen LogP contribution in [0.2, 0.25) is 0 Å². The topological polar surface area (TPSA) is 89.9 Å². The van der Waals surface area contributed by atoms with Gasteiger partial charge >= 0.3 is 11.9 Å². The van der Waals surface area contributed by atoms with Crippen molar-refractivity contribution in [3.8, 4) is 0 Å². The van der Waals surface area contributed by atoms with E-state index in [0.717, 1.165) is 4.47 Å². The van der Waals surface area contributed by atoms with Crippen LogP contribution in [0.4, 0.5) is 0 Å². The molecule has 0 saturated heterocycles. The number of Topliss-reactive ketones (excluding diaryl/α,β-unsaturated/α-hetero) is 1. The third-order valence-corrected chi connectivity index (χ3v) is 5.25. The Balaban J connectivity index is 2.56. The van der Waals surface area contributed by atoms with E-state index in [1.165, 1.54) is 19.1 Å². The van der Waals surface area contributed by atoms with E-state index < -0.39 is 41.1 Å². The molecule has 6 nitrogen and oxygen atoms in total. The summed E-state index contributed by atoms with van der Waals surface area (Å²) in [4.78, 5) is 38.2. The van der Waals surface area contributed by atoms with Crippen molar-refractivity contribution in [2.45, 2.75) is 24.9 Å². The molecule has 0 unspecified atom stereocenters. The Morgan fingerprint density at radius 1 is 1.18 bits per heavy atom. The molecule has 0 aliphatic heterocycles. The van der Waals surface area contributed by atoms with E-state index in [0.29, 0.717) is 5.56 Å². The summed E-state index contributed by atoms with van der Waals surface area (Å²) in [5.74, 6) is -5.24. The summed E-state index contributed by atoms with van der Waals surface area (Å²) in [6, 6.07) is 6.87. The van der Waals surface area contributed by atoms with Gasteiger partial charge in [0.05, 0.1) is 11.5 Å². The monoisotopic (exact) mass is 450 g/mol. The van der Waals surface area contributed by atoms with Crippen LogP contribution in [0, 0.1) is 11.8 Å². The molecule has 1 fully saturated rings. The van der Waals surface area contributed by atoms with Gasteiger partial charge in [-0.15, -0.1) is 0 Å². The molecule has 150 valence electrons. The Bertz CT molecular complexity index is 768. The average molecular weight is 451 g/mol. The number of carbonyl (C=O) groups excluding carboxylic acids is 3. The summed E-state index contributed by atoms with van der Waals surface area (Å²) in [5, 5.41) is 10.9. The highest BCUT2D eigenvalue weighted by Gasteiger charge is 2.57. The Morgan fingerprint density at radius 3 is 2.25 bits per heavy atom.